The topological polar surface area (TPSA) is 12.4 Å². The molecular formula is C15H29N. The van der Waals surface area contributed by atoms with E-state index in [0.717, 1.165) is 19.4 Å². The summed E-state index contributed by atoms with van der Waals surface area (Å²) in [5.41, 5.74) is 2.88. The molecule has 0 saturated heterocycles. The average Bonchev–Trinajstić information content (AvgIpc) is 2.37. The Morgan fingerprint density at radius 3 is 2.31 bits per heavy atom. The Morgan fingerprint density at radius 1 is 1.25 bits per heavy atom. The molecule has 0 unspecified atom stereocenters. The van der Waals surface area contributed by atoms with Crippen LogP contribution in [0.3, 0.4) is 0 Å². The van der Waals surface area contributed by atoms with Crippen LogP contribution in [-0.2, 0) is 0 Å². The Bertz CT molecular complexity index is 211. The Hall–Kier alpha value is -0.850. The lowest BCUT2D eigenvalue weighted by Crippen LogP contribution is -2.03. The summed E-state index contributed by atoms with van der Waals surface area (Å²) in [6.45, 7) is 14.8. The van der Waals surface area contributed by atoms with Crippen LogP contribution in [0, 0.1) is 0 Å². The molecule has 0 N–H and O–H groups in total. The van der Waals surface area contributed by atoms with Crippen LogP contribution in [0.2, 0.25) is 0 Å². The summed E-state index contributed by atoms with van der Waals surface area (Å²) in [5.74, 6) is 0. The zero-order valence-electron chi connectivity index (χ0n) is 11.8. The fraction of sp³-hybridized carbons (Fsp3) is 0.667. The van der Waals surface area contributed by atoms with E-state index < -0.39 is 0 Å². The van der Waals surface area contributed by atoms with Gasteiger partial charge in [0.15, 0.2) is 0 Å². The highest BCUT2D eigenvalue weighted by Gasteiger charge is 2.04. The highest BCUT2D eigenvalue weighted by atomic mass is 14.7. The van der Waals surface area contributed by atoms with E-state index in [2.05, 4.69) is 24.6 Å². The quantitative estimate of drug-likeness (QED) is 0.461. The van der Waals surface area contributed by atoms with Crippen molar-refractivity contribution in [3.8, 4) is 0 Å². The normalized spacial score (nSPS) is 16.3. The van der Waals surface area contributed by atoms with Crippen molar-refractivity contribution in [3.05, 3.63) is 24.3 Å². The van der Waals surface area contributed by atoms with Crippen molar-refractivity contribution in [2.75, 3.05) is 6.54 Å². The van der Waals surface area contributed by atoms with Crippen molar-refractivity contribution in [3.63, 3.8) is 0 Å². The summed E-state index contributed by atoms with van der Waals surface area (Å²) < 4.78 is 0. The summed E-state index contributed by atoms with van der Waals surface area (Å²) in [4.78, 5) is 4.51. The van der Waals surface area contributed by atoms with Gasteiger partial charge in [0.05, 0.1) is 0 Å². The van der Waals surface area contributed by atoms with Crippen LogP contribution >= 0.6 is 0 Å². The van der Waals surface area contributed by atoms with Crippen molar-refractivity contribution in [1.29, 1.82) is 0 Å². The van der Waals surface area contributed by atoms with Crippen LogP contribution in [0.4, 0.5) is 0 Å². The summed E-state index contributed by atoms with van der Waals surface area (Å²) in [6.07, 6.45) is 8.66. The molecule has 0 aromatic heterocycles. The maximum Gasteiger partial charge on any atom is 0.0423 e. The van der Waals surface area contributed by atoms with Gasteiger partial charge in [0.1, 0.15) is 0 Å². The molecule has 0 saturated carbocycles. The molecule has 1 rings (SSSR count). The number of hydrogen-bond acceptors (Lipinski definition) is 1. The molecule has 0 aliphatic heterocycles. The van der Waals surface area contributed by atoms with Crippen LogP contribution in [0.15, 0.2) is 29.3 Å². The minimum Gasteiger partial charge on any atom is -0.293 e. The Morgan fingerprint density at radius 2 is 1.88 bits per heavy atom. The molecule has 0 bridgehead atoms. The molecule has 0 amide bonds. The molecule has 0 spiro atoms. The van der Waals surface area contributed by atoms with Gasteiger partial charge in [-0.2, -0.15) is 0 Å². The summed E-state index contributed by atoms with van der Waals surface area (Å²) in [5, 5.41) is 0. The van der Waals surface area contributed by atoms with Gasteiger partial charge in [-0.1, -0.05) is 45.4 Å². The Labute approximate surface area is 102 Å². The lowest BCUT2D eigenvalue weighted by molar-refractivity contribution is 0.919. The van der Waals surface area contributed by atoms with E-state index in [9.17, 15) is 0 Å². The second-order valence-corrected chi connectivity index (χ2v) is 3.28. The largest absolute Gasteiger partial charge is 0.293 e. The first-order chi connectivity index (χ1) is 7.83. The third-order valence-electron chi connectivity index (χ3n) is 2.16. The van der Waals surface area contributed by atoms with E-state index >= 15 is 0 Å². The molecule has 0 aromatic rings. The van der Waals surface area contributed by atoms with Gasteiger partial charge in [-0.15, -0.1) is 6.58 Å². The van der Waals surface area contributed by atoms with Crippen LogP contribution in [0.5, 0.6) is 0 Å². The van der Waals surface area contributed by atoms with Gasteiger partial charge in [-0.25, -0.2) is 0 Å². The first-order valence-electron chi connectivity index (χ1n) is 6.61. The lowest BCUT2D eigenvalue weighted by Gasteiger charge is -2.10. The number of hydrogen-bond donors (Lipinski definition) is 0. The number of nitrogens with zero attached hydrogens (tertiary/aromatic N) is 1. The number of allylic oxidation sites excluding steroid dienone is 2. The highest BCUT2D eigenvalue weighted by Crippen LogP contribution is 2.14. The predicted octanol–water partition coefficient (Wildman–Crippen LogP) is 5.19. The molecule has 0 radical (unpaired) electrons. The van der Waals surface area contributed by atoms with Gasteiger partial charge >= 0.3 is 0 Å². The molecule has 0 atom stereocenters. The van der Waals surface area contributed by atoms with Crippen LogP contribution in [0.25, 0.3) is 0 Å². The van der Waals surface area contributed by atoms with Gasteiger partial charge < -0.3 is 0 Å². The number of aliphatic imine (C=N–C) groups is 1. The molecule has 16 heavy (non-hydrogen) atoms. The molecule has 0 fully saturated rings. The molecule has 1 aliphatic carbocycles. The third kappa shape index (κ3) is 9.70. The molecule has 94 valence electrons. The minimum atomic E-state index is 0.922. The van der Waals surface area contributed by atoms with Gasteiger partial charge in [0.2, 0.25) is 0 Å². The van der Waals surface area contributed by atoms with Crippen LogP contribution < -0.4 is 0 Å². The first kappa shape index (κ1) is 17.5. The Balaban J connectivity index is 0. The van der Waals surface area contributed by atoms with Gasteiger partial charge in [-0.3, -0.25) is 4.99 Å². The van der Waals surface area contributed by atoms with E-state index in [-0.39, 0.29) is 0 Å². The van der Waals surface area contributed by atoms with Crippen LogP contribution in [-0.4, -0.2) is 12.3 Å². The van der Waals surface area contributed by atoms with E-state index in [1.165, 1.54) is 24.1 Å². The fourth-order valence-corrected chi connectivity index (χ4v) is 1.30. The average molecular weight is 223 g/mol. The summed E-state index contributed by atoms with van der Waals surface area (Å²) in [7, 11) is 0. The zero-order chi connectivity index (χ0) is 12.8. The molecule has 1 heteroatoms. The van der Waals surface area contributed by atoms with Crippen molar-refractivity contribution < 1.29 is 0 Å². The van der Waals surface area contributed by atoms with Crippen molar-refractivity contribution in [2.24, 2.45) is 4.99 Å². The fourth-order valence-electron chi connectivity index (χ4n) is 1.30. The second kappa shape index (κ2) is 14.2. The maximum atomic E-state index is 4.51. The smallest absolute Gasteiger partial charge is 0.0423 e. The molecular weight excluding hydrogens is 194 g/mol. The van der Waals surface area contributed by atoms with Crippen molar-refractivity contribution in [1.82, 2.24) is 0 Å². The Kier molecular flexibility index (Phi) is 15.5. The molecule has 1 nitrogen and oxygen atoms in total. The summed E-state index contributed by atoms with van der Waals surface area (Å²) >= 11 is 0. The summed E-state index contributed by atoms with van der Waals surface area (Å²) in [6, 6.07) is 0. The monoisotopic (exact) mass is 223 g/mol. The van der Waals surface area contributed by atoms with Gasteiger partial charge in [-0.05, 0) is 26.2 Å². The van der Waals surface area contributed by atoms with E-state index in [4.69, 9.17) is 0 Å². The van der Waals surface area contributed by atoms with Crippen molar-refractivity contribution >= 4 is 5.71 Å². The third-order valence-corrected chi connectivity index (χ3v) is 2.16. The molecule has 0 aromatic carbocycles. The van der Waals surface area contributed by atoms with E-state index in [1.54, 1.807) is 0 Å². The predicted molar refractivity (Wildman–Crippen MR) is 77.4 cm³/mol. The SMILES string of the molecule is C=CCCN=C1CC=C(C)CC1.CC.CC. The first-order valence-corrected chi connectivity index (χ1v) is 6.61. The van der Waals surface area contributed by atoms with E-state index in [0.29, 0.717) is 0 Å². The lowest BCUT2D eigenvalue weighted by atomic mass is 9.99. The highest BCUT2D eigenvalue weighted by molar-refractivity contribution is 5.87. The van der Waals surface area contributed by atoms with Crippen LogP contribution in [0.1, 0.15) is 60.3 Å². The minimum absolute atomic E-state index is 0.922. The molecule has 0 heterocycles. The zero-order valence-corrected chi connectivity index (χ0v) is 11.8. The second-order valence-electron chi connectivity index (χ2n) is 3.28. The van der Waals surface area contributed by atoms with Gasteiger partial charge in [0.25, 0.3) is 0 Å². The van der Waals surface area contributed by atoms with Gasteiger partial charge in [0, 0.05) is 18.7 Å². The maximum absolute atomic E-state index is 4.51. The molecule has 1 aliphatic rings. The van der Waals surface area contributed by atoms with Crippen molar-refractivity contribution in [2.45, 2.75) is 60.3 Å². The van der Waals surface area contributed by atoms with E-state index in [1.807, 2.05) is 33.8 Å². The number of rotatable bonds is 3. The standard InChI is InChI=1S/C11H17N.2C2H6/c1-3-4-9-12-11-7-5-10(2)6-8-11;2*1-2/h3,5H,1,4,6-9H2,2H3;2*1-2H3.